The van der Waals surface area contributed by atoms with Crippen LogP contribution in [0.1, 0.15) is 17.0 Å². The van der Waals surface area contributed by atoms with Crippen LogP contribution in [0, 0.1) is 6.92 Å². The Kier molecular flexibility index (Phi) is 3.53. The van der Waals surface area contributed by atoms with E-state index in [4.69, 9.17) is 22.5 Å². The van der Waals surface area contributed by atoms with Crippen LogP contribution in [-0.4, -0.2) is 15.1 Å². The summed E-state index contributed by atoms with van der Waals surface area (Å²) in [5.74, 6) is 1.45. The van der Waals surface area contributed by atoms with Gasteiger partial charge in [-0.15, -0.1) is 0 Å². The average molecular weight is 298 g/mol. The third-order valence-corrected chi connectivity index (χ3v) is 3.32. The summed E-state index contributed by atoms with van der Waals surface area (Å²) >= 11 is 5.12. The predicted octanol–water partition coefficient (Wildman–Crippen LogP) is 2.78. The van der Waals surface area contributed by atoms with Crippen LogP contribution in [0.2, 0.25) is 0 Å². The Labute approximate surface area is 127 Å². The normalized spacial score (nSPS) is 10.7. The largest absolute Gasteiger partial charge is 0.389 e. The van der Waals surface area contributed by atoms with Gasteiger partial charge in [0.25, 0.3) is 0 Å². The number of para-hydroxylation sites is 1. The van der Waals surface area contributed by atoms with E-state index < -0.39 is 0 Å². The predicted molar refractivity (Wildman–Crippen MR) is 86.2 cm³/mol. The second-order valence-electron chi connectivity index (χ2n) is 4.72. The molecule has 3 aromatic rings. The molecule has 3 N–H and O–H groups in total. The monoisotopic (exact) mass is 298 g/mol. The van der Waals surface area contributed by atoms with E-state index in [0.717, 1.165) is 27.9 Å². The number of pyridine rings is 1. The quantitative estimate of drug-likeness (QED) is 0.721. The first-order chi connectivity index (χ1) is 10.1. The smallest absolute Gasteiger partial charge is 0.156 e. The summed E-state index contributed by atoms with van der Waals surface area (Å²) in [6.45, 7) is 2.38. The van der Waals surface area contributed by atoms with Gasteiger partial charge in [-0.1, -0.05) is 35.6 Å². The molecular formula is C15H14N4OS. The zero-order valence-corrected chi connectivity index (χ0v) is 12.3. The molecule has 0 aliphatic carbocycles. The number of nitrogens with zero attached hydrogens (tertiary/aromatic N) is 2. The lowest BCUT2D eigenvalue weighted by Crippen LogP contribution is -2.11. The van der Waals surface area contributed by atoms with Crippen molar-refractivity contribution in [2.75, 3.05) is 5.32 Å². The van der Waals surface area contributed by atoms with E-state index in [0.29, 0.717) is 17.4 Å². The number of hydrogen-bond acceptors (Lipinski definition) is 5. The van der Waals surface area contributed by atoms with Crippen molar-refractivity contribution in [2.24, 2.45) is 5.73 Å². The maximum absolute atomic E-state index is 5.81. The van der Waals surface area contributed by atoms with Gasteiger partial charge in [0, 0.05) is 17.0 Å². The maximum Gasteiger partial charge on any atom is 0.156 e. The number of rotatable bonds is 4. The molecule has 2 heterocycles. The molecule has 1 aromatic carbocycles. The minimum Gasteiger partial charge on any atom is -0.389 e. The van der Waals surface area contributed by atoms with E-state index in [2.05, 4.69) is 15.5 Å². The van der Waals surface area contributed by atoms with Gasteiger partial charge in [-0.2, -0.15) is 0 Å². The summed E-state index contributed by atoms with van der Waals surface area (Å²) in [7, 11) is 0. The lowest BCUT2D eigenvalue weighted by Gasteiger charge is -2.09. The number of nitrogens with two attached hydrogens (primary N) is 1. The molecule has 21 heavy (non-hydrogen) atoms. The molecule has 3 rings (SSSR count). The van der Waals surface area contributed by atoms with Crippen LogP contribution in [0.4, 0.5) is 5.82 Å². The lowest BCUT2D eigenvalue weighted by atomic mass is 10.1. The molecule has 0 unspecified atom stereocenters. The number of nitrogens with one attached hydrogen (secondary N) is 1. The molecular weight excluding hydrogens is 284 g/mol. The Morgan fingerprint density at radius 1 is 1.33 bits per heavy atom. The van der Waals surface area contributed by atoms with E-state index in [-0.39, 0.29) is 0 Å². The van der Waals surface area contributed by atoms with Crippen molar-refractivity contribution >= 4 is 33.9 Å². The first-order valence-corrected chi connectivity index (χ1v) is 6.90. The SMILES string of the molecule is Cc1cc(CNc2cc(C(N)=S)c3ccccc3n2)on1. The Hall–Kier alpha value is -2.47. The zero-order valence-electron chi connectivity index (χ0n) is 11.5. The van der Waals surface area contributed by atoms with Gasteiger partial charge in [-0.25, -0.2) is 4.98 Å². The number of fused-ring (bicyclic) bond motifs is 1. The van der Waals surface area contributed by atoms with Gasteiger partial charge in [0.1, 0.15) is 10.8 Å². The summed E-state index contributed by atoms with van der Waals surface area (Å²) in [6, 6.07) is 11.5. The molecule has 0 aliphatic heterocycles. The second kappa shape index (κ2) is 5.49. The third kappa shape index (κ3) is 2.85. The number of thiocarbonyl (C=S) groups is 1. The van der Waals surface area contributed by atoms with Gasteiger partial charge < -0.3 is 15.6 Å². The van der Waals surface area contributed by atoms with E-state index in [1.54, 1.807) is 0 Å². The van der Waals surface area contributed by atoms with E-state index in [1.807, 2.05) is 43.3 Å². The van der Waals surface area contributed by atoms with Crippen molar-refractivity contribution in [1.29, 1.82) is 0 Å². The van der Waals surface area contributed by atoms with Crippen LogP contribution in [0.25, 0.3) is 10.9 Å². The molecule has 6 heteroatoms. The highest BCUT2D eigenvalue weighted by molar-refractivity contribution is 7.80. The molecule has 0 atom stereocenters. The van der Waals surface area contributed by atoms with Crippen molar-refractivity contribution in [2.45, 2.75) is 13.5 Å². The zero-order chi connectivity index (χ0) is 14.8. The first-order valence-electron chi connectivity index (χ1n) is 6.49. The van der Waals surface area contributed by atoms with Crippen molar-refractivity contribution < 1.29 is 4.52 Å². The van der Waals surface area contributed by atoms with Crippen LogP contribution in [0.15, 0.2) is 40.9 Å². The van der Waals surface area contributed by atoms with Gasteiger partial charge in [-0.3, -0.25) is 0 Å². The van der Waals surface area contributed by atoms with Crippen molar-refractivity contribution in [3.63, 3.8) is 0 Å². The topological polar surface area (TPSA) is 77.0 Å². The molecule has 0 radical (unpaired) electrons. The molecule has 2 aromatic heterocycles. The van der Waals surface area contributed by atoms with Crippen molar-refractivity contribution in [1.82, 2.24) is 10.1 Å². The van der Waals surface area contributed by atoms with Gasteiger partial charge in [0.05, 0.1) is 17.8 Å². The molecule has 0 saturated heterocycles. The summed E-state index contributed by atoms with van der Waals surface area (Å²) in [5.41, 5.74) is 8.31. The van der Waals surface area contributed by atoms with Crippen LogP contribution in [0.5, 0.6) is 0 Å². The van der Waals surface area contributed by atoms with Gasteiger partial charge in [-0.05, 0) is 19.1 Å². The fraction of sp³-hybridized carbons (Fsp3) is 0.133. The highest BCUT2D eigenvalue weighted by Gasteiger charge is 2.08. The van der Waals surface area contributed by atoms with Gasteiger partial charge >= 0.3 is 0 Å². The molecule has 0 spiro atoms. The standard InChI is InChI=1S/C15H14N4OS/c1-9-6-10(20-19-9)8-17-14-7-12(15(16)21)11-4-2-3-5-13(11)18-14/h2-7H,8H2,1H3,(H2,16,21)(H,17,18). The van der Waals surface area contributed by atoms with Gasteiger partial charge in [0.2, 0.25) is 0 Å². The fourth-order valence-electron chi connectivity index (χ4n) is 2.15. The molecule has 106 valence electrons. The number of benzene rings is 1. The average Bonchev–Trinajstić information content (AvgIpc) is 2.89. The van der Waals surface area contributed by atoms with Crippen molar-refractivity contribution in [3.8, 4) is 0 Å². The highest BCUT2D eigenvalue weighted by Crippen LogP contribution is 2.21. The summed E-state index contributed by atoms with van der Waals surface area (Å²) in [5, 5.41) is 8.00. The highest BCUT2D eigenvalue weighted by atomic mass is 32.1. The summed E-state index contributed by atoms with van der Waals surface area (Å²) in [4.78, 5) is 4.91. The van der Waals surface area contributed by atoms with Crippen LogP contribution in [0.3, 0.4) is 0 Å². The Morgan fingerprint density at radius 3 is 2.86 bits per heavy atom. The van der Waals surface area contributed by atoms with E-state index >= 15 is 0 Å². The lowest BCUT2D eigenvalue weighted by molar-refractivity contribution is 0.384. The number of anilines is 1. The Balaban J connectivity index is 1.93. The minimum absolute atomic E-state index is 0.354. The maximum atomic E-state index is 5.81. The number of aryl methyl sites for hydroxylation is 1. The van der Waals surface area contributed by atoms with Gasteiger partial charge in [0.15, 0.2) is 5.76 Å². The minimum atomic E-state index is 0.354. The van der Waals surface area contributed by atoms with Crippen LogP contribution >= 0.6 is 12.2 Å². The van der Waals surface area contributed by atoms with Crippen LogP contribution < -0.4 is 11.1 Å². The van der Waals surface area contributed by atoms with Crippen molar-refractivity contribution in [3.05, 3.63) is 53.4 Å². The fourth-order valence-corrected chi connectivity index (χ4v) is 2.32. The molecule has 5 nitrogen and oxygen atoms in total. The Bertz CT molecular complexity index is 812. The molecule has 0 aliphatic rings. The third-order valence-electron chi connectivity index (χ3n) is 3.10. The summed E-state index contributed by atoms with van der Waals surface area (Å²) in [6.07, 6.45) is 0. The second-order valence-corrected chi connectivity index (χ2v) is 5.16. The van der Waals surface area contributed by atoms with E-state index in [1.165, 1.54) is 0 Å². The molecule has 0 saturated carbocycles. The molecule has 0 bridgehead atoms. The number of hydrogen-bond donors (Lipinski definition) is 2. The number of aromatic nitrogens is 2. The molecule has 0 amide bonds. The Morgan fingerprint density at radius 2 is 2.14 bits per heavy atom. The van der Waals surface area contributed by atoms with E-state index in [9.17, 15) is 0 Å². The first kappa shape index (κ1) is 13.5. The van der Waals surface area contributed by atoms with Crippen LogP contribution in [-0.2, 0) is 6.54 Å². The molecule has 0 fully saturated rings. The summed E-state index contributed by atoms with van der Waals surface area (Å²) < 4.78 is 5.16.